The smallest absolute Gasteiger partial charge is 0.0105 e. The Morgan fingerprint density at radius 1 is 1.40 bits per heavy atom. The van der Waals surface area contributed by atoms with E-state index in [0.29, 0.717) is 0 Å². The molecule has 1 saturated heterocycles. The molecule has 15 heavy (non-hydrogen) atoms. The van der Waals surface area contributed by atoms with Crippen LogP contribution in [0.3, 0.4) is 0 Å². The van der Waals surface area contributed by atoms with Gasteiger partial charge in [0, 0.05) is 19.6 Å². The van der Waals surface area contributed by atoms with Gasteiger partial charge >= 0.3 is 0 Å². The van der Waals surface area contributed by atoms with Crippen molar-refractivity contribution in [2.45, 2.75) is 19.3 Å². The van der Waals surface area contributed by atoms with Crippen LogP contribution in [0.15, 0.2) is 24.3 Å². The van der Waals surface area contributed by atoms with Gasteiger partial charge in [0.2, 0.25) is 0 Å². The second kappa shape index (κ2) is 4.77. The number of rotatable bonds is 3. The fourth-order valence-electron chi connectivity index (χ4n) is 2.52. The summed E-state index contributed by atoms with van der Waals surface area (Å²) < 4.78 is 0. The monoisotopic (exact) mass is 204 g/mol. The Balaban J connectivity index is 2.04. The number of likely N-dealkylation sites (tertiary alicyclic amines) is 1. The van der Waals surface area contributed by atoms with E-state index in [1.807, 2.05) is 0 Å². The molecule has 0 aliphatic carbocycles. The van der Waals surface area contributed by atoms with Gasteiger partial charge in [-0.25, -0.2) is 0 Å². The summed E-state index contributed by atoms with van der Waals surface area (Å²) in [6.07, 6.45) is 1.28. The van der Waals surface area contributed by atoms with Crippen molar-refractivity contribution in [2.24, 2.45) is 5.73 Å². The largest absolute Gasteiger partial charge is 0.329 e. The van der Waals surface area contributed by atoms with Crippen LogP contribution in [-0.4, -0.2) is 31.1 Å². The van der Waals surface area contributed by atoms with Crippen molar-refractivity contribution in [1.29, 1.82) is 0 Å². The van der Waals surface area contributed by atoms with Crippen molar-refractivity contribution < 1.29 is 0 Å². The molecule has 1 aromatic carbocycles. The van der Waals surface area contributed by atoms with Gasteiger partial charge in [0.05, 0.1) is 0 Å². The predicted octanol–water partition coefficient (Wildman–Crippen LogP) is 1.74. The molecule has 1 aliphatic rings. The third-order valence-corrected chi connectivity index (χ3v) is 3.35. The summed E-state index contributed by atoms with van der Waals surface area (Å²) in [6.45, 7) is 6.42. The van der Waals surface area contributed by atoms with Gasteiger partial charge in [-0.15, -0.1) is 0 Å². The van der Waals surface area contributed by atoms with Crippen LogP contribution in [0, 0.1) is 6.92 Å². The molecule has 0 spiro atoms. The van der Waals surface area contributed by atoms with E-state index in [1.165, 1.54) is 30.6 Å². The second-order valence-corrected chi connectivity index (χ2v) is 4.43. The Bertz CT molecular complexity index is 322. The molecule has 0 saturated carbocycles. The first-order valence-corrected chi connectivity index (χ1v) is 5.79. The number of benzene rings is 1. The van der Waals surface area contributed by atoms with Gasteiger partial charge in [0.25, 0.3) is 0 Å². The quantitative estimate of drug-likeness (QED) is 0.812. The minimum atomic E-state index is 0.720. The Hall–Kier alpha value is -0.860. The predicted molar refractivity (Wildman–Crippen MR) is 64.0 cm³/mol. The summed E-state index contributed by atoms with van der Waals surface area (Å²) in [5.74, 6) is 0.720. The Morgan fingerprint density at radius 2 is 2.20 bits per heavy atom. The SMILES string of the molecule is Cc1ccccc1C1CCN(CCN)C1. The number of nitrogens with zero attached hydrogens (tertiary/aromatic N) is 1. The molecular formula is C13H20N2. The lowest BCUT2D eigenvalue weighted by molar-refractivity contribution is 0.344. The highest BCUT2D eigenvalue weighted by Gasteiger charge is 2.23. The first-order valence-electron chi connectivity index (χ1n) is 5.79. The van der Waals surface area contributed by atoms with E-state index in [-0.39, 0.29) is 0 Å². The molecule has 2 nitrogen and oxygen atoms in total. The lowest BCUT2D eigenvalue weighted by Gasteiger charge is -2.16. The molecule has 0 radical (unpaired) electrons. The van der Waals surface area contributed by atoms with Crippen LogP contribution in [0.5, 0.6) is 0 Å². The highest BCUT2D eigenvalue weighted by molar-refractivity contribution is 5.30. The maximum Gasteiger partial charge on any atom is 0.0105 e. The zero-order valence-corrected chi connectivity index (χ0v) is 9.45. The molecule has 1 fully saturated rings. The van der Waals surface area contributed by atoms with Crippen LogP contribution in [0.1, 0.15) is 23.5 Å². The van der Waals surface area contributed by atoms with Crippen molar-refractivity contribution in [3.8, 4) is 0 Å². The molecule has 1 aromatic rings. The van der Waals surface area contributed by atoms with E-state index in [9.17, 15) is 0 Å². The molecule has 2 N–H and O–H groups in total. The molecule has 1 aliphatic heterocycles. The third-order valence-electron chi connectivity index (χ3n) is 3.35. The Morgan fingerprint density at radius 3 is 2.93 bits per heavy atom. The van der Waals surface area contributed by atoms with Gasteiger partial charge in [0.1, 0.15) is 0 Å². The van der Waals surface area contributed by atoms with E-state index in [2.05, 4.69) is 36.1 Å². The number of nitrogens with two attached hydrogens (primary N) is 1. The van der Waals surface area contributed by atoms with Gasteiger partial charge in [-0.05, 0) is 36.9 Å². The zero-order valence-electron chi connectivity index (χ0n) is 9.45. The molecule has 0 aromatic heterocycles. The number of hydrogen-bond acceptors (Lipinski definition) is 2. The maximum absolute atomic E-state index is 5.58. The third kappa shape index (κ3) is 2.39. The van der Waals surface area contributed by atoms with Crippen molar-refractivity contribution in [1.82, 2.24) is 4.90 Å². The summed E-state index contributed by atoms with van der Waals surface area (Å²) in [5.41, 5.74) is 8.53. The molecule has 0 bridgehead atoms. The summed E-state index contributed by atoms with van der Waals surface area (Å²) >= 11 is 0. The molecule has 1 heterocycles. The first-order chi connectivity index (χ1) is 7.31. The summed E-state index contributed by atoms with van der Waals surface area (Å²) in [6, 6.07) is 8.74. The van der Waals surface area contributed by atoms with E-state index in [4.69, 9.17) is 5.73 Å². The number of aryl methyl sites for hydroxylation is 1. The molecule has 0 amide bonds. The van der Waals surface area contributed by atoms with Crippen LogP contribution in [0.2, 0.25) is 0 Å². The van der Waals surface area contributed by atoms with E-state index in [0.717, 1.165) is 19.0 Å². The Kier molecular flexibility index (Phi) is 3.39. The minimum Gasteiger partial charge on any atom is -0.329 e. The van der Waals surface area contributed by atoms with E-state index in [1.54, 1.807) is 0 Å². The average Bonchev–Trinajstić information content (AvgIpc) is 2.68. The van der Waals surface area contributed by atoms with Gasteiger partial charge in [-0.3, -0.25) is 0 Å². The lowest BCUT2D eigenvalue weighted by Crippen LogP contribution is -2.27. The molecule has 1 atom stereocenters. The minimum absolute atomic E-state index is 0.720. The molecule has 2 heteroatoms. The fourth-order valence-corrected chi connectivity index (χ4v) is 2.52. The molecule has 2 rings (SSSR count). The van der Waals surface area contributed by atoms with Crippen molar-refractivity contribution in [3.63, 3.8) is 0 Å². The summed E-state index contributed by atoms with van der Waals surface area (Å²) in [5, 5.41) is 0. The van der Waals surface area contributed by atoms with Crippen LogP contribution >= 0.6 is 0 Å². The van der Waals surface area contributed by atoms with Gasteiger partial charge < -0.3 is 10.6 Å². The van der Waals surface area contributed by atoms with Gasteiger partial charge in [-0.1, -0.05) is 24.3 Å². The lowest BCUT2D eigenvalue weighted by atomic mass is 9.94. The normalized spacial score (nSPS) is 22.1. The highest BCUT2D eigenvalue weighted by atomic mass is 15.1. The highest BCUT2D eigenvalue weighted by Crippen LogP contribution is 2.28. The van der Waals surface area contributed by atoms with Crippen LogP contribution in [0.25, 0.3) is 0 Å². The van der Waals surface area contributed by atoms with Crippen molar-refractivity contribution >= 4 is 0 Å². The van der Waals surface area contributed by atoms with E-state index < -0.39 is 0 Å². The maximum atomic E-state index is 5.58. The van der Waals surface area contributed by atoms with Crippen molar-refractivity contribution in [3.05, 3.63) is 35.4 Å². The van der Waals surface area contributed by atoms with Crippen molar-refractivity contribution in [2.75, 3.05) is 26.2 Å². The van der Waals surface area contributed by atoms with Crippen LogP contribution in [-0.2, 0) is 0 Å². The van der Waals surface area contributed by atoms with Crippen LogP contribution < -0.4 is 5.73 Å². The molecule has 1 unspecified atom stereocenters. The first kappa shape index (κ1) is 10.7. The summed E-state index contributed by atoms with van der Waals surface area (Å²) in [4.78, 5) is 2.47. The summed E-state index contributed by atoms with van der Waals surface area (Å²) in [7, 11) is 0. The second-order valence-electron chi connectivity index (χ2n) is 4.43. The van der Waals surface area contributed by atoms with E-state index >= 15 is 0 Å². The van der Waals surface area contributed by atoms with Crippen LogP contribution in [0.4, 0.5) is 0 Å². The number of hydrogen-bond donors (Lipinski definition) is 1. The fraction of sp³-hybridized carbons (Fsp3) is 0.538. The topological polar surface area (TPSA) is 29.3 Å². The zero-order chi connectivity index (χ0) is 10.7. The average molecular weight is 204 g/mol. The van der Waals surface area contributed by atoms with Gasteiger partial charge in [-0.2, -0.15) is 0 Å². The molecular weight excluding hydrogens is 184 g/mol. The molecule has 82 valence electrons. The Labute approximate surface area is 92.1 Å². The van der Waals surface area contributed by atoms with Gasteiger partial charge in [0.15, 0.2) is 0 Å². The standard InChI is InChI=1S/C13H20N2/c1-11-4-2-3-5-13(11)12-6-8-15(10-12)9-7-14/h2-5,12H,6-10,14H2,1H3.